The number of carbonyl (C=O) groups excluding carboxylic acids is 1. The zero-order valence-corrected chi connectivity index (χ0v) is 10.6. The number of hydrogen-bond acceptors (Lipinski definition) is 2. The van der Waals surface area contributed by atoms with E-state index in [9.17, 15) is 4.79 Å². The van der Waals surface area contributed by atoms with Gasteiger partial charge < -0.3 is 0 Å². The molecule has 3 heteroatoms. The van der Waals surface area contributed by atoms with Crippen LogP contribution in [-0.4, -0.2) is 11.6 Å². The van der Waals surface area contributed by atoms with Crippen LogP contribution in [0.5, 0.6) is 0 Å². The molecule has 1 aromatic carbocycles. The SMILES string of the molecule is C/C(=N\NC(=O)[C@@H]1C[C@H]1c1ccccc1)C1CC1. The van der Waals surface area contributed by atoms with Crippen LogP contribution >= 0.6 is 0 Å². The van der Waals surface area contributed by atoms with E-state index in [4.69, 9.17) is 0 Å². The molecule has 0 saturated heterocycles. The summed E-state index contributed by atoms with van der Waals surface area (Å²) in [5.41, 5.74) is 5.05. The third-order valence-electron chi connectivity index (χ3n) is 3.87. The van der Waals surface area contributed by atoms with Gasteiger partial charge in [0.2, 0.25) is 5.91 Å². The summed E-state index contributed by atoms with van der Waals surface area (Å²) in [4.78, 5) is 11.9. The average Bonchev–Trinajstić information content (AvgIpc) is 3.29. The maximum Gasteiger partial charge on any atom is 0.243 e. The number of hydrazone groups is 1. The van der Waals surface area contributed by atoms with Gasteiger partial charge in [0.25, 0.3) is 0 Å². The van der Waals surface area contributed by atoms with Crippen LogP contribution in [0.3, 0.4) is 0 Å². The number of nitrogens with one attached hydrogen (secondary N) is 1. The van der Waals surface area contributed by atoms with Crippen molar-refractivity contribution in [2.24, 2.45) is 16.9 Å². The Morgan fingerprint density at radius 2 is 2.00 bits per heavy atom. The van der Waals surface area contributed by atoms with Crippen LogP contribution in [0.15, 0.2) is 35.4 Å². The van der Waals surface area contributed by atoms with Crippen molar-refractivity contribution in [2.45, 2.75) is 32.1 Å². The predicted molar refractivity (Wildman–Crippen MR) is 71.3 cm³/mol. The highest BCUT2D eigenvalue weighted by molar-refractivity contribution is 5.89. The zero-order chi connectivity index (χ0) is 12.5. The summed E-state index contributed by atoms with van der Waals surface area (Å²) in [6.45, 7) is 2.00. The van der Waals surface area contributed by atoms with E-state index in [2.05, 4.69) is 22.7 Å². The lowest BCUT2D eigenvalue weighted by Crippen LogP contribution is -2.21. The van der Waals surface area contributed by atoms with Crippen LogP contribution in [-0.2, 0) is 4.79 Å². The van der Waals surface area contributed by atoms with Crippen LogP contribution in [0.4, 0.5) is 0 Å². The van der Waals surface area contributed by atoms with Gasteiger partial charge in [-0.3, -0.25) is 4.79 Å². The minimum absolute atomic E-state index is 0.0730. The molecule has 0 aliphatic heterocycles. The number of amides is 1. The summed E-state index contributed by atoms with van der Waals surface area (Å²) in [6.07, 6.45) is 3.40. The van der Waals surface area contributed by atoms with Gasteiger partial charge in [0.1, 0.15) is 0 Å². The maximum atomic E-state index is 11.9. The van der Waals surface area contributed by atoms with Gasteiger partial charge in [-0.15, -0.1) is 0 Å². The molecule has 2 aliphatic carbocycles. The van der Waals surface area contributed by atoms with Gasteiger partial charge in [-0.25, -0.2) is 5.43 Å². The van der Waals surface area contributed by atoms with Crippen molar-refractivity contribution in [3.8, 4) is 0 Å². The van der Waals surface area contributed by atoms with Crippen LogP contribution in [0.2, 0.25) is 0 Å². The number of rotatable bonds is 4. The fourth-order valence-corrected chi connectivity index (χ4v) is 2.37. The van der Waals surface area contributed by atoms with E-state index in [0.29, 0.717) is 11.8 Å². The third-order valence-corrected chi connectivity index (χ3v) is 3.87. The van der Waals surface area contributed by atoms with Crippen molar-refractivity contribution >= 4 is 11.6 Å². The molecule has 0 unspecified atom stereocenters. The average molecular weight is 242 g/mol. The molecule has 2 atom stereocenters. The lowest BCUT2D eigenvalue weighted by Gasteiger charge is -2.01. The van der Waals surface area contributed by atoms with Gasteiger partial charge in [-0.1, -0.05) is 30.3 Å². The minimum Gasteiger partial charge on any atom is -0.273 e. The summed E-state index contributed by atoms with van der Waals surface area (Å²) in [7, 11) is 0. The maximum absolute atomic E-state index is 11.9. The summed E-state index contributed by atoms with van der Waals surface area (Å²) < 4.78 is 0. The second-order valence-corrected chi connectivity index (χ2v) is 5.36. The Balaban J connectivity index is 1.54. The highest BCUT2D eigenvalue weighted by atomic mass is 16.2. The largest absolute Gasteiger partial charge is 0.273 e. The standard InChI is InChI=1S/C15H18N2O/c1-10(11-7-8-11)16-17-15(18)14-9-13(14)12-5-3-2-4-6-12/h2-6,11,13-14H,7-9H2,1H3,(H,17,18)/b16-10+/t13-,14+/m0/s1. The molecule has 1 aromatic rings. The third kappa shape index (κ3) is 2.45. The molecular formula is C15H18N2O. The molecule has 2 fully saturated rings. The summed E-state index contributed by atoms with van der Waals surface area (Å²) in [5.74, 6) is 1.20. The Hall–Kier alpha value is -1.64. The molecule has 0 aromatic heterocycles. The van der Waals surface area contributed by atoms with E-state index < -0.39 is 0 Å². The first-order chi connectivity index (χ1) is 8.75. The Labute approximate surface area is 107 Å². The summed E-state index contributed by atoms with van der Waals surface area (Å²) in [5, 5.41) is 4.19. The molecule has 0 radical (unpaired) electrons. The smallest absolute Gasteiger partial charge is 0.243 e. The quantitative estimate of drug-likeness (QED) is 0.640. The molecule has 2 aliphatic rings. The molecule has 2 saturated carbocycles. The monoisotopic (exact) mass is 242 g/mol. The number of hydrogen-bond donors (Lipinski definition) is 1. The van der Waals surface area contributed by atoms with Crippen LogP contribution in [0.25, 0.3) is 0 Å². The highest BCUT2D eigenvalue weighted by Gasteiger charge is 2.43. The zero-order valence-electron chi connectivity index (χ0n) is 10.6. The number of benzene rings is 1. The van der Waals surface area contributed by atoms with E-state index in [1.807, 2.05) is 25.1 Å². The first kappa shape index (κ1) is 11.5. The lowest BCUT2D eigenvalue weighted by atomic mass is 10.1. The van der Waals surface area contributed by atoms with Gasteiger partial charge in [0, 0.05) is 11.6 Å². The summed E-state index contributed by atoms with van der Waals surface area (Å²) in [6, 6.07) is 10.2. The Morgan fingerprint density at radius 1 is 1.28 bits per heavy atom. The fourth-order valence-electron chi connectivity index (χ4n) is 2.37. The van der Waals surface area contributed by atoms with Gasteiger partial charge in [-0.2, -0.15) is 5.10 Å². The van der Waals surface area contributed by atoms with Crippen molar-refractivity contribution in [1.29, 1.82) is 0 Å². The molecule has 0 heterocycles. The Morgan fingerprint density at radius 3 is 2.67 bits per heavy atom. The van der Waals surface area contributed by atoms with Crippen molar-refractivity contribution in [1.82, 2.24) is 5.43 Å². The molecule has 0 spiro atoms. The van der Waals surface area contributed by atoms with Crippen LogP contribution < -0.4 is 5.43 Å². The van der Waals surface area contributed by atoms with Crippen molar-refractivity contribution < 1.29 is 4.79 Å². The molecular weight excluding hydrogens is 224 g/mol. The van der Waals surface area contributed by atoms with Crippen molar-refractivity contribution in [3.05, 3.63) is 35.9 Å². The van der Waals surface area contributed by atoms with Crippen LogP contribution in [0, 0.1) is 11.8 Å². The first-order valence-corrected chi connectivity index (χ1v) is 6.64. The molecule has 1 N–H and O–H groups in total. The van der Waals surface area contributed by atoms with Crippen molar-refractivity contribution in [3.63, 3.8) is 0 Å². The first-order valence-electron chi connectivity index (χ1n) is 6.64. The van der Waals surface area contributed by atoms with Gasteiger partial charge >= 0.3 is 0 Å². The van der Waals surface area contributed by atoms with Gasteiger partial charge in [-0.05, 0) is 43.6 Å². The lowest BCUT2D eigenvalue weighted by molar-refractivity contribution is -0.122. The van der Waals surface area contributed by atoms with Crippen molar-refractivity contribution in [2.75, 3.05) is 0 Å². The topological polar surface area (TPSA) is 41.5 Å². The molecule has 0 bridgehead atoms. The Bertz CT molecular complexity index is 477. The normalized spacial score (nSPS) is 26.8. The minimum atomic E-state index is 0.0730. The molecule has 1 amide bonds. The second-order valence-electron chi connectivity index (χ2n) is 5.36. The van der Waals surface area contributed by atoms with Crippen LogP contribution in [0.1, 0.15) is 37.7 Å². The molecule has 18 heavy (non-hydrogen) atoms. The van der Waals surface area contributed by atoms with E-state index in [1.54, 1.807) is 0 Å². The van der Waals surface area contributed by atoms with E-state index in [-0.39, 0.29) is 11.8 Å². The van der Waals surface area contributed by atoms with Gasteiger partial charge in [0.15, 0.2) is 0 Å². The Kier molecular flexibility index (Phi) is 2.90. The number of carbonyl (C=O) groups is 1. The van der Waals surface area contributed by atoms with E-state index in [0.717, 1.165) is 12.1 Å². The molecule has 94 valence electrons. The second kappa shape index (κ2) is 4.56. The molecule has 3 nitrogen and oxygen atoms in total. The van der Waals surface area contributed by atoms with Gasteiger partial charge in [0.05, 0.1) is 0 Å². The number of nitrogens with zero attached hydrogens (tertiary/aromatic N) is 1. The summed E-state index contributed by atoms with van der Waals surface area (Å²) >= 11 is 0. The fraction of sp³-hybridized carbons (Fsp3) is 0.467. The highest BCUT2D eigenvalue weighted by Crippen LogP contribution is 2.47. The van der Waals surface area contributed by atoms with E-state index >= 15 is 0 Å². The predicted octanol–water partition coefficient (Wildman–Crippen LogP) is 2.69. The molecule has 3 rings (SSSR count). The van der Waals surface area contributed by atoms with E-state index in [1.165, 1.54) is 18.4 Å².